The van der Waals surface area contributed by atoms with Crippen LogP contribution >= 0.6 is 0 Å². The van der Waals surface area contributed by atoms with Crippen LogP contribution in [0.25, 0.3) is 81.7 Å². The third-order valence-electron chi connectivity index (χ3n) is 10.5. The smallest absolute Gasteiger partial charge is 0.159 e. The van der Waals surface area contributed by atoms with Crippen LogP contribution < -0.4 is 4.90 Å². The molecular weight excluding hydrogens is 621 g/mol. The van der Waals surface area contributed by atoms with Crippen molar-refractivity contribution < 1.29 is 4.42 Å². The number of benzene rings is 9. The Balaban J connectivity index is 1.23. The minimum atomic E-state index is 0.868. The number of rotatable bonds is 4. The molecule has 0 fully saturated rings. The number of hydrogen-bond donors (Lipinski definition) is 0. The summed E-state index contributed by atoms with van der Waals surface area (Å²) in [5.74, 6) is 0. The van der Waals surface area contributed by atoms with Crippen molar-refractivity contribution >= 4 is 93.1 Å². The van der Waals surface area contributed by atoms with E-state index >= 15 is 0 Å². The molecule has 51 heavy (non-hydrogen) atoms. The Hall–Kier alpha value is -6.84. The molecule has 0 radical (unpaired) electrons. The Labute approximate surface area is 293 Å². The van der Waals surface area contributed by atoms with Crippen molar-refractivity contribution in [2.24, 2.45) is 0 Å². The van der Waals surface area contributed by atoms with Gasteiger partial charge in [0.15, 0.2) is 5.58 Å². The molecule has 3 nitrogen and oxygen atoms in total. The van der Waals surface area contributed by atoms with Crippen LogP contribution in [0.4, 0.5) is 17.1 Å². The lowest BCUT2D eigenvalue weighted by Gasteiger charge is -2.27. The number of fused-ring (bicyclic) bond motifs is 11. The lowest BCUT2D eigenvalue weighted by atomic mass is 9.96. The normalized spacial score (nSPS) is 11.9. The molecule has 0 spiro atoms. The third kappa shape index (κ3) is 4.12. The molecule has 11 rings (SSSR count). The molecule has 0 atom stereocenters. The highest BCUT2D eigenvalue weighted by Crippen LogP contribution is 2.47. The molecule has 2 heterocycles. The first-order valence-corrected chi connectivity index (χ1v) is 17.4. The van der Waals surface area contributed by atoms with Gasteiger partial charge in [-0.25, -0.2) is 0 Å². The number of furan rings is 1. The predicted molar refractivity (Wildman–Crippen MR) is 215 cm³/mol. The molecule has 0 aliphatic carbocycles. The summed E-state index contributed by atoms with van der Waals surface area (Å²) in [6.45, 7) is 0. The number of nitrogens with zero attached hydrogens (tertiary/aromatic N) is 2. The van der Waals surface area contributed by atoms with E-state index in [4.69, 9.17) is 4.42 Å². The van der Waals surface area contributed by atoms with Crippen LogP contribution in [0.15, 0.2) is 186 Å². The van der Waals surface area contributed by atoms with Crippen molar-refractivity contribution in [1.82, 2.24) is 4.57 Å². The maximum atomic E-state index is 6.72. The van der Waals surface area contributed by atoms with Gasteiger partial charge in [0.05, 0.1) is 22.4 Å². The zero-order chi connectivity index (χ0) is 33.5. The van der Waals surface area contributed by atoms with Crippen LogP contribution in [0.5, 0.6) is 0 Å². The first-order valence-electron chi connectivity index (χ1n) is 17.4. The Bertz CT molecular complexity index is 3150. The first-order chi connectivity index (χ1) is 25.3. The molecule has 0 bridgehead atoms. The highest BCUT2D eigenvalue weighted by atomic mass is 16.3. The second-order valence-corrected chi connectivity index (χ2v) is 13.3. The fourth-order valence-corrected chi connectivity index (χ4v) is 8.31. The second-order valence-electron chi connectivity index (χ2n) is 13.3. The topological polar surface area (TPSA) is 21.3 Å². The summed E-state index contributed by atoms with van der Waals surface area (Å²) in [4.78, 5) is 2.40. The van der Waals surface area contributed by atoms with Gasteiger partial charge in [0.1, 0.15) is 5.58 Å². The molecular formula is C48H30N2O. The molecule has 0 aliphatic rings. The maximum Gasteiger partial charge on any atom is 0.159 e. The van der Waals surface area contributed by atoms with Gasteiger partial charge >= 0.3 is 0 Å². The predicted octanol–water partition coefficient (Wildman–Crippen LogP) is 13.6. The van der Waals surface area contributed by atoms with Gasteiger partial charge in [0, 0.05) is 32.9 Å². The summed E-state index contributed by atoms with van der Waals surface area (Å²) >= 11 is 0. The Morgan fingerprint density at radius 1 is 0.392 bits per heavy atom. The summed E-state index contributed by atoms with van der Waals surface area (Å²) in [7, 11) is 0. The molecule has 2 aromatic heterocycles. The fraction of sp³-hybridized carbons (Fsp3) is 0. The van der Waals surface area contributed by atoms with Crippen molar-refractivity contribution in [3.63, 3.8) is 0 Å². The van der Waals surface area contributed by atoms with Crippen molar-refractivity contribution in [2.45, 2.75) is 0 Å². The van der Waals surface area contributed by atoms with Gasteiger partial charge in [-0.3, -0.25) is 0 Å². The van der Waals surface area contributed by atoms with E-state index in [9.17, 15) is 0 Å². The van der Waals surface area contributed by atoms with Crippen LogP contribution in [0.2, 0.25) is 0 Å². The van der Waals surface area contributed by atoms with Crippen LogP contribution in [-0.2, 0) is 0 Å². The monoisotopic (exact) mass is 650 g/mol. The SMILES string of the molecule is c1ccc(-n2c3ccccc3c3c(N(c4ccc5c(ccc6c7ccccc7ccc56)c4)c4cccc5c4oc4ccccc45)cccc32)cc1. The van der Waals surface area contributed by atoms with E-state index in [0.29, 0.717) is 0 Å². The van der Waals surface area contributed by atoms with E-state index < -0.39 is 0 Å². The summed E-state index contributed by atoms with van der Waals surface area (Å²) < 4.78 is 9.10. The van der Waals surface area contributed by atoms with Gasteiger partial charge in [-0.1, -0.05) is 127 Å². The van der Waals surface area contributed by atoms with Crippen molar-refractivity contribution in [1.29, 1.82) is 0 Å². The van der Waals surface area contributed by atoms with Gasteiger partial charge in [0.25, 0.3) is 0 Å². The molecule has 0 unspecified atom stereocenters. The number of para-hydroxylation sites is 4. The van der Waals surface area contributed by atoms with E-state index in [1.54, 1.807) is 0 Å². The summed E-state index contributed by atoms with van der Waals surface area (Å²) in [5.41, 5.74) is 8.38. The van der Waals surface area contributed by atoms with Crippen molar-refractivity contribution in [3.8, 4) is 5.69 Å². The standard InChI is InChI=1S/C48H30N2O/c1-2-13-33(14-3-1)49-42-19-8-6-17-41(42)47-43(49)20-11-21-44(47)50(45-22-10-18-40-39-16-7-9-23-46(39)51-48(40)45)34-26-29-36-32(30-34)25-28-37-35-15-5-4-12-31(35)24-27-38(36)37/h1-30H. The van der Waals surface area contributed by atoms with Gasteiger partial charge in [-0.15, -0.1) is 0 Å². The largest absolute Gasteiger partial charge is 0.454 e. The molecule has 238 valence electrons. The quantitative estimate of drug-likeness (QED) is 0.177. The fourth-order valence-electron chi connectivity index (χ4n) is 8.31. The number of aromatic nitrogens is 1. The summed E-state index contributed by atoms with van der Waals surface area (Å²) in [6.07, 6.45) is 0. The van der Waals surface area contributed by atoms with E-state index in [1.165, 1.54) is 48.6 Å². The van der Waals surface area contributed by atoms with Crippen molar-refractivity contribution in [2.75, 3.05) is 4.90 Å². The minimum Gasteiger partial charge on any atom is -0.454 e. The number of anilines is 3. The van der Waals surface area contributed by atoms with Gasteiger partial charge in [0.2, 0.25) is 0 Å². The van der Waals surface area contributed by atoms with E-state index in [-0.39, 0.29) is 0 Å². The maximum absolute atomic E-state index is 6.72. The number of hydrogen-bond acceptors (Lipinski definition) is 2. The van der Waals surface area contributed by atoms with Crippen LogP contribution in [0.3, 0.4) is 0 Å². The summed E-state index contributed by atoms with van der Waals surface area (Å²) in [6, 6.07) is 65.5. The molecule has 0 N–H and O–H groups in total. The molecule has 11 aromatic rings. The Kier molecular flexibility index (Phi) is 5.96. The zero-order valence-electron chi connectivity index (χ0n) is 27.6. The Morgan fingerprint density at radius 2 is 1.02 bits per heavy atom. The van der Waals surface area contributed by atoms with Crippen LogP contribution in [0.1, 0.15) is 0 Å². The lowest BCUT2D eigenvalue weighted by molar-refractivity contribution is 0.669. The summed E-state index contributed by atoms with van der Waals surface area (Å²) in [5, 5.41) is 12.1. The first kappa shape index (κ1) is 28.0. The lowest BCUT2D eigenvalue weighted by Crippen LogP contribution is -2.11. The van der Waals surface area contributed by atoms with Gasteiger partial charge < -0.3 is 13.9 Å². The Morgan fingerprint density at radius 3 is 1.90 bits per heavy atom. The van der Waals surface area contributed by atoms with E-state index in [2.05, 4.69) is 185 Å². The minimum absolute atomic E-state index is 0.868. The van der Waals surface area contributed by atoms with E-state index in [1.807, 2.05) is 6.07 Å². The molecule has 0 saturated heterocycles. The van der Waals surface area contributed by atoms with Gasteiger partial charge in [-0.05, 0) is 86.9 Å². The van der Waals surface area contributed by atoms with Gasteiger partial charge in [-0.2, -0.15) is 0 Å². The molecule has 9 aromatic carbocycles. The molecule has 0 amide bonds. The van der Waals surface area contributed by atoms with E-state index in [0.717, 1.165) is 50.2 Å². The van der Waals surface area contributed by atoms with Crippen LogP contribution in [0, 0.1) is 0 Å². The van der Waals surface area contributed by atoms with Crippen molar-refractivity contribution in [3.05, 3.63) is 182 Å². The zero-order valence-corrected chi connectivity index (χ0v) is 27.6. The molecule has 0 saturated carbocycles. The second kappa shape index (κ2) is 10.8. The molecule has 0 aliphatic heterocycles. The van der Waals surface area contributed by atoms with Crippen LogP contribution in [-0.4, -0.2) is 4.57 Å². The average molecular weight is 651 g/mol. The third-order valence-corrected chi connectivity index (χ3v) is 10.5. The average Bonchev–Trinajstić information content (AvgIpc) is 3.75. The highest BCUT2D eigenvalue weighted by Gasteiger charge is 2.24. The molecule has 3 heteroatoms. The highest BCUT2D eigenvalue weighted by molar-refractivity contribution is 6.20.